The number of carbonyl (C=O) groups is 1. The molecule has 1 aliphatic rings. The summed E-state index contributed by atoms with van der Waals surface area (Å²) in [5.41, 5.74) is 4.32. The van der Waals surface area contributed by atoms with Crippen molar-refractivity contribution in [2.45, 2.75) is 59.1 Å². The molecular formula is C30H33N7O3. The molecule has 0 saturated carbocycles. The first-order valence-electron chi connectivity index (χ1n) is 13.6. The van der Waals surface area contributed by atoms with Crippen LogP contribution in [-0.4, -0.2) is 59.0 Å². The summed E-state index contributed by atoms with van der Waals surface area (Å²) in [6.07, 6.45) is 5.24. The second-order valence-electron chi connectivity index (χ2n) is 11.3. The zero-order valence-electron chi connectivity index (χ0n) is 23.5. The van der Waals surface area contributed by atoms with Gasteiger partial charge in [0, 0.05) is 24.7 Å². The molecule has 5 aromatic rings. The molecule has 0 spiro atoms. The molecule has 10 nitrogen and oxygen atoms in total. The number of para-hydroxylation sites is 1. The summed E-state index contributed by atoms with van der Waals surface area (Å²) in [6.45, 7) is 10.9. The minimum Gasteiger partial charge on any atom is -0.444 e. The van der Waals surface area contributed by atoms with Crippen LogP contribution in [-0.2, 0) is 4.74 Å². The van der Waals surface area contributed by atoms with Crippen LogP contribution in [0.5, 0.6) is 11.6 Å². The molecule has 0 radical (unpaired) electrons. The quantitative estimate of drug-likeness (QED) is 0.271. The molecule has 1 aromatic carbocycles. The van der Waals surface area contributed by atoms with Gasteiger partial charge in [-0.05, 0) is 77.3 Å². The van der Waals surface area contributed by atoms with Gasteiger partial charge >= 0.3 is 6.09 Å². The minimum atomic E-state index is -0.512. The molecule has 10 heteroatoms. The third-order valence-corrected chi connectivity index (χ3v) is 6.92. The van der Waals surface area contributed by atoms with E-state index in [-0.39, 0.29) is 12.1 Å². The minimum absolute atomic E-state index is 0.143. The Balaban J connectivity index is 1.34. The Kier molecular flexibility index (Phi) is 6.40. The number of amides is 1. The van der Waals surface area contributed by atoms with E-state index in [1.54, 1.807) is 9.42 Å². The van der Waals surface area contributed by atoms with Gasteiger partial charge in [-0.25, -0.2) is 19.3 Å². The number of fused-ring (bicyclic) bond motifs is 2. The van der Waals surface area contributed by atoms with Crippen molar-refractivity contribution >= 4 is 22.6 Å². The van der Waals surface area contributed by atoms with E-state index in [1.807, 2.05) is 94.2 Å². The largest absolute Gasteiger partial charge is 0.444 e. The fraction of sp³-hybridized carbons (Fsp3) is 0.367. The molecular weight excluding hydrogens is 506 g/mol. The number of rotatable bonds is 4. The fourth-order valence-electron chi connectivity index (χ4n) is 5.02. The number of piperidine rings is 1. The standard InChI is InChI=1S/C30H33N7O3/c1-19-15-25(33-37-17-20(2)31-27(19)37)24-16-21-18-36(22-11-13-35(14-12-22)29(38)40-30(3,4)5)34-26(21)28(32-24)39-23-9-7-6-8-10-23/h6-10,15-18,22H,11-14H2,1-5H3. The van der Waals surface area contributed by atoms with E-state index in [0.29, 0.717) is 35.9 Å². The summed E-state index contributed by atoms with van der Waals surface area (Å²) in [7, 11) is 0. The molecule has 0 bridgehead atoms. The van der Waals surface area contributed by atoms with E-state index >= 15 is 0 Å². The number of aryl methyl sites for hydroxylation is 2. The lowest BCUT2D eigenvalue weighted by molar-refractivity contribution is 0.0185. The Morgan fingerprint density at radius 3 is 2.42 bits per heavy atom. The number of hydrogen-bond donors (Lipinski definition) is 0. The van der Waals surface area contributed by atoms with E-state index in [1.165, 1.54) is 0 Å². The molecule has 0 unspecified atom stereocenters. The number of imidazole rings is 1. The number of likely N-dealkylation sites (tertiary alicyclic amines) is 1. The predicted octanol–water partition coefficient (Wildman–Crippen LogP) is 6.12. The number of aromatic nitrogens is 6. The van der Waals surface area contributed by atoms with Gasteiger partial charge < -0.3 is 14.4 Å². The van der Waals surface area contributed by atoms with Crippen LogP contribution in [0.2, 0.25) is 0 Å². The predicted molar refractivity (Wildman–Crippen MR) is 152 cm³/mol. The van der Waals surface area contributed by atoms with Crippen molar-refractivity contribution in [3.05, 3.63) is 66.1 Å². The average molecular weight is 540 g/mol. The lowest BCUT2D eigenvalue weighted by Gasteiger charge is -2.33. The summed E-state index contributed by atoms with van der Waals surface area (Å²) in [6, 6.07) is 13.7. The average Bonchev–Trinajstić information content (AvgIpc) is 3.52. The highest BCUT2D eigenvalue weighted by Crippen LogP contribution is 2.33. The van der Waals surface area contributed by atoms with Crippen LogP contribution in [0.1, 0.15) is 50.9 Å². The van der Waals surface area contributed by atoms with Crippen molar-refractivity contribution in [1.82, 2.24) is 34.3 Å². The molecule has 40 heavy (non-hydrogen) atoms. The Hall–Kier alpha value is -4.47. The molecule has 0 aliphatic carbocycles. The van der Waals surface area contributed by atoms with Crippen LogP contribution in [0.25, 0.3) is 27.9 Å². The summed E-state index contributed by atoms with van der Waals surface area (Å²) in [5, 5.41) is 10.6. The van der Waals surface area contributed by atoms with Crippen molar-refractivity contribution < 1.29 is 14.3 Å². The van der Waals surface area contributed by atoms with Crippen LogP contribution in [0.4, 0.5) is 4.79 Å². The molecule has 0 N–H and O–H groups in total. The molecule has 1 amide bonds. The zero-order chi connectivity index (χ0) is 28.0. The lowest BCUT2D eigenvalue weighted by Crippen LogP contribution is -2.42. The Bertz CT molecular complexity index is 1690. The molecule has 206 valence electrons. The first-order chi connectivity index (χ1) is 19.1. The SMILES string of the molecule is Cc1cn2nc(-c3cc4cn(C5CCN(C(=O)OC(C)(C)C)CC5)nc4c(Oc4ccccc4)n3)cc(C)c2n1. The summed E-state index contributed by atoms with van der Waals surface area (Å²) in [5.74, 6) is 1.10. The highest BCUT2D eigenvalue weighted by atomic mass is 16.6. The maximum Gasteiger partial charge on any atom is 0.410 e. The van der Waals surface area contributed by atoms with Crippen LogP contribution in [0, 0.1) is 13.8 Å². The number of hydrogen-bond acceptors (Lipinski definition) is 7. The topological polar surface area (TPSA) is 99.7 Å². The van der Waals surface area contributed by atoms with E-state index in [0.717, 1.165) is 40.8 Å². The monoisotopic (exact) mass is 539 g/mol. The van der Waals surface area contributed by atoms with Gasteiger partial charge in [0.05, 0.1) is 23.6 Å². The van der Waals surface area contributed by atoms with Crippen molar-refractivity contribution in [3.63, 3.8) is 0 Å². The van der Waals surface area contributed by atoms with Crippen LogP contribution in [0.15, 0.2) is 54.9 Å². The van der Waals surface area contributed by atoms with Crippen LogP contribution in [0.3, 0.4) is 0 Å². The number of benzene rings is 1. The number of ether oxygens (including phenoxy) is 2. The highest BCUT2D eigenvalue weighted by molar-refractivity contribution is 5.86. The van der Waals surface area contributed by atoms with E-state index in [4.69, 9.17) is 24.7 Å². The van der Waals surface area contributed by atoms with Crippen molar-refractivity contribution in [3.8, 4) is 23.0 Å². The highest BCUT2D eigenvalue weighted by Gasteiger charge is 2.28. The zero-order valence-corrected chi connectivity index (χ0v) is 23.5. The summed E-state index contributed by atoms with van der Waals surface area (Å²) < 4.78 is 15.6. The second-order valence-corrected chi connectivity index (χ2v) is 11.3. The maximum absolute atomic E-state index is 12.5. The van der Waals surface area contributed by atoms with Gasteiger partial charge in [-0.3, -0.25) is 4.68 Å². The normalized spacial score (nSPS) is 14.7. The third-order valence-electron chi connectivity index (χ3n) is 6.92. The number of carbonyl (C=O) groups excluding carboxylic acids is 1. The van der Waals surface area contributed by atoms with E-state index in [9.17, 15) is 4.79 Å². The first kappa shape index (κ1) is 25.8. The molecule has 4 aromatic heterocycles. The third kappa shape index (κ3) is 5.21. The Morgan fingerprint density at radius 2 is 1.70 bits per heavy atom. The molecule has 1 fully saturated rings. The first-order valence-corrected chi connectivity index (χ1v) is 13.6. The van der Waals surface area contributed by atoms with Gasteiger partial charge in [0.1, 0.15) is 17.0 Å². The molecule has 6 rings (SSSR count). The van der Waals surface area contributed by atoms with Crippen LogP contribution < -0.4 is 4.74 Å². The van der Waals surface area contributed by atoms with Crippen molar-refractivity contribution in [2.75, 3.05) is 13.1 Å². The van der Waals surface area contributed by atoms with Crippen LogP contribution >= 0.6 is 0 Å². The maximum atomic E-state index is 12.5. The van der Waals surface area contributed by atoms with E-state index in [2.05, 4.69) is 4.98 Å². The summed E-state index contributed by atoms with van der Waals surface area (Å²) in [4.78, 5) is 23.8. The molecule has 1 saturated heterocycles. The molecule has 5 heterocycles. The van der Waals surface area contributed by atoms with Gasteiger partial charge in [0.25, 0.3) is 0 Å². The van der Waals surface area contributed by atoms with E-state index < -0.39 is 5.60 Å². The summed E-state index contributed by atoms with van der Waals surface area (Å²) >= 11 is 0. The Morgan fingerprint density at radius 1 is 0.950 bits per heavy atom. The number of nitrogens with zero attached hydrogens (tertiary/aromatic N) is 7. The van der Waals surface area contributed by atoms with Gasteiger partial charge in [0.2, 0.25) is 5.88 Å². The molecule has 0 atom stereocenters. The lowest BCUT2D eigenvalue weighted by atomic mass is 10.1. The fourth-order valence-corrected chi connectivity index (χ4v) is 5.02. The second kappa shape index (κ2) is 9.93. The van der Waals surface area contributed by atoms with Gasteiger partial charge in [0.15, 0.2) is 11.2 Å². The smallest absolute Gasteiger partial charge is 0.410 e. The van der Waals surface area contributed by atoms with Crippen molar-refractivity contribution in [2.24, 2.45) is 0 Å². The van der Waals surface area contributed by atoms with Gasteiger partial charge in [-0.1, -0.05) is 18.2 Å². The van der Waals surface area contributed by atoms with Gasteiger partial charge in [-0.2, -0.15) is 10.2 Å². The molecule has 1 aliphatic heterocycles. The number of pyridine rings is 1. The van der Waals surface area contributed by atoms with Crippen molar-refractivity contribution in [1.29, 1.82) is 0 Å². The van der Waals surface area contributed by atoms with Gasteiger partial charge in [-0.15, -0.1) is 0 Å². The Labute approximate surface area is 232 Å².